The molecule has 0 aliphatic heterocycles. The summed E-state index contributed by atoms with van der Waals surface area (Å²) in [6.07, 6.45) is 1.80. The van der Waals surface area contributed by atoms with Crippen molar-refractivity contribution in [2.45, 2.75) is 46.3 Å². The highest BCUT2D eigenvalue weighted by molar-refractivity contribution is 6.65. The first kappa shape index (κ1) is 22.6. The Kier molecular flexibility index (Phi) is 10.6. The molecule has 0 spiro atoms. The molecule has 0 bridgehead atoms. The zero-order chi connectivity index (χ0) is 18.8. The Hall–Kier alpha value is -1.40. The van der Waals surface area contributed by atoms with Gasteiger partial charge in [0.25, 0.3) is 0 Å². The molecule has 0 aromatic rings. The van der Waals surface area contributed by atoms with Gasteiger partial charge in [-0.1, -0.05) is 6.58 Å². The van der Waals surface area contributed by atoms with Crippen molar-refractivity contribution in [1.29, 1.82) is 0 Å². The van der Waals surface area contributed by atoms with Gasteiger partial charge in [-0.15, -0.1) is 0 Å². The highest BCUT2D eigenvalue weighted by Crippen LogP contribution is 2.11. The largest absolute Gasteiger partial charge is 0.459 e. The molecule has 0 aliphatic carbocycles. The van der Waals surface area contributed by atoms with Gasteiger partial charge >= 0.3 is 5.97 Å². The maximum absolute atomic E-state index is 12.3. The summed E-state index contributed by atoms with van der Waals surface area (Å²) in [7, 11) is 0. The Morgan fingerprint density at radius 2 is 1.96 bits per heavy atom. The van der Waals surface area contributed by atoms with Gasteiger partial charge < -0.3 is 9.64 Å². The summed E-state index contributed by atoms with van der Waals surface area (Å²) in [5, 5.41) is 0.126. The quantitative estimate of drug-likeness (QED) is 0.261. The van der Waals surface area contributed by atoms with E-state index in [4.69, 9.17) is 16.3 Å². The molecule has 0 rings (SSSR count). The number of aliphatic imine (C=N–C) groups is 2. The second-order valence-electron chi connectivity index (χ2n) is 6.37. The minimum atomic E-state index is -0.512. The van der Waals surface area contributed by atoms with Crippen LogP contribution in [-0.4, -0.2) is 72.1 Å². The molecular weight excluding hydrogens is 328 g/mol. The van der Waals surface area contributed by atoms with Crippen LogP contribution in [-0.2, 0) is 9.53 Å². The Balaban J connectivity index is 4.90. The van der Waals surface area contributed by atoms with E-state index in [2.05, 4.69) is 35.1 Å². The molecule has 7 heteroatoms. The lowest BCUT2D eigenvalue weighted by molar-refractivity contribution is -0.160. The van der Waals surface area contributed by atoms with Gasteiger partial charge in [-0.2, -0.15) is 0 Å². The van der Waals surface area contributed by atoms with Crippen LogP contribution >= 0.6 is 11.6 Å². The maximum Gasteiger partial charge on any atom is 0.323 e. The number of hydrogen-bond donors (Lipinski definition) is 0. The molecule has 0 aromatic heterocycles. The van der Waals surface area contributed by atoms with Crippen LogP contribution in [0, 0.1) is 0 Å². The van der Waals surface area contributed by atoms with Crippen LogP contribution in [0.3, 0.4) is 0 Å². The summed E-state index contributed by atoms with van der Waals surface area (Å²) >= 11 is 5.74. The molecule has 0 N–H and O–H groups in total. The van der Waals surface area contributed by atoms with Crippen molar-refractivity contribution < 1.29 is 9.53 Å². The Morgan fingerprint density at radius 1 is 1.33 bits per heavy atom. The third-order valence-corrected chi connectivity index (χ3v) is 3.63. The van der Waals surface area contributed by atoms with Crippen molar-refractivity contribution in [2.75, 3.05) is 32.7 Å². The SMILES string of the molecule is C=CN(CC)CCN(CCN=C(Cl)N=C)C(C)C(=O)OC(C)(C)C. The highest BCUT2D eigenvalue weighted by Gasteiger charge is 2.26. The number of nitrogens with zero attached hydrogens (tertiary/aromatic N) is 4. The van der Waals surface area contributed by atoms with Crippen molar-refractivity contribution >= 4 is 29.6 Å². The Morgan fingerprint density at radius 3 is 2.42 bits per heavy atom. The molecule has 0 radical (unpaired) electrons. The first-order valence-electron chi connectivity index (χ1n) is 8.14. The molecule has 0 aromatic carbocycles. The molecule has 24 heavy (non-hydrogen) atoms. The van der Waals surface area contributed by atoms with Crippen LogP contribution in [0.1, 0.15) is 34.6 Å². The number of ether oxygens (including phenoxy) is 1. The van der Waals surface area contributed by atoms with E-state index in [9.17, 15) is 4.79 Å². The number of carbonyl (C=O) groups is 1. The smallest absolute Gasteiger partial charge is 0.323 e. The van der Waals surface area contributed by atoms with E-state index in [0.717, 1.165) is 13.1 Å². The van der Waals surface area contributed by atoms with E-state index in [1.807, 2.05) is 32.6 Å². The molecular formula is C17H31ClN4O2. The molecule has 0 saturated carbocycles. The first-order chi connectivity index (χ1) is 11.1. The van der Waals surface area contributed by atoms with E-state index in [1.54, 1.807) is 6.20 Å². The van der Waals surface area contributed by atoms with Crippen LogP contribution in [0.5, 0.6) is 0 Å². The van der Waals surface area contributed by atoms with Crippen molar-refractivity contribution in [3.8, 4) is 0 Å². The van der Waals surface area contributed by atoms with Crippen molar-refractivity contribution in [2.24, 2.45) is 9.98 Å². The van der Waals surface area contributed by atoms with Crippen molar-refractivity contribution in [1.82, 2.24) is 9.80 Å². The Bertz CT molecular complexity index is 446. The van der Waals surface area contributed by atoms with Gasteiger partial charge in [0, 0.05) is 26.2 Å². The van der Waals surface area contributed by atoms with E-state index in [1.165, 1.54) is 0 Å². The normalized spacial score (nSPS) is 13.5. The van der Waals surface area contributed by atoms with Gasteiger partial charge in [-0.3, -0.25) is 14.7 Å². The standard InChI is InChI=1S/C17H31ClN4O2/c1-8-21(9-2)12-13-22(11-10-20-16(18)19-7)14(3)15(23)24-17(4,5)6/h8,14H,1,7,9-13H2,2-6H3. The maximum atomic E-state index is 12.3. The summed E-state index contributed by atoms with van der Waals surface area (Å²) in [5.41, 5.74) is -0.512. The summed E-state index contributed by atoms with van der Waals surface area (Å²) < 4.78 is 5.48. The van der Waals surface area contributed by atoms with Gasteiger partial charge in [0.1, 0.15) is 11.6 Å². The number of esters is 1. The van der Waals surface area contributed by atoms with Crippen LogP contribution in [0.4, 0.5) is 0 Å². The second-order valence-corrected chi connectivity index (χ2v) is 6.70. The van der Waals surface area contributed by atoms with Crippen LogP contribution in [0.15, 0.2) is 22.8 Å². The fourth-order valence-corrected chi connectivity index (χ4v) is 2.08. The number of carbonyl (C=O) groups excluding carboxylic acids is 1. The molecule has 0 aliphatic rings. The predicted octanol–water partition coefficient (Wildman–Crippen LogP) is 2.78. The lowest BCUT2D eigenvalue weighted by Gasteiger charge is -2.31. The molecule has 0 amide bonds. The fraction of sp³-hybridized carbons (Fsp3) is 0.706. The molecule has 0 fully saturated rings. The van der Waals surface area contributed by atoms with Gasteiger partial charge in [0.05, 0.1) is 6.54 Å². The number of rotatable bonds is 10. The van der Waals surface area contributed by atoms with Crippen LogP contribution < -0.4 is 0 Å². The predicted molar refractivity (Wildman–Crippen MR) is 102 cm³/mol. The highest BCUT2D eigenvalue weighted by atomic mass is 35.5. The van der Waals surface area contributed by atoms with Gasteiger partial charge in [-0.25, -0.2) is 4.99 Å². The summed E-state index contributed by atoms with van der Waals surface area (Å²) in [5.74, 6) is -0.249. The third kappa shape index (κ3) is 9.67. The van der Waals surface area contributed by atoms with E-state index in [-0.39, 0.29) is 17.3 Å². The minimum absolute atomic E-state index is 0.126. The zero-order valence-electron chi connectivity index (χ0n) is 15.6. The number of hydrogen-bond acceptors (Lipinski definition) is 5. The minimum Gasteiger partial charge on any atom is -0.459 e. The van der Waals surface area contributed by atoms with Crippen LogP contribution in [0.25, 0.3) is 0 Å². The molecule has 6 nitrogen and oxygen atoms in total. The van der Waals surface area contributed by atoms with Crippen LogP contribution in [0.2, 0.25) is 0 Å². The summed E-state index contributed by atoms with van der Waals surface area (Å²) in [6, 6.07) is -0.376. The summed E-state index contributed by atoms with van der Waals surface area (Å²) in [6.45, 7) is 19.9. The topological polar surface area (TPSA) is 57.5 Å². The van der Waals surface area contributed by atoms with E-state index < -0.39 is 5.60 Å². The van der Waals surface area contributed by atoms with E-state index >= 15 is 0 Å². The zero-order valence-corrected chi connectivity index (χ0v) is 16.3. The number of halogens is 1. The first-order valence-corrected chi connectivity index (χ1v) is 8.52. The third-order valence-electron chi connectivity index (χ3n) is 3.39. The molecule has 1 unspecified atom stereocenters. The average Bonchev–Trinajstić information content (AvgIpc) is 2.51. The lowest BCUT2D eigenvalue weighted by atomic mass is 10.2. The van der Waals surface area contributed by atoms with E-state index in [0.29, 0.717) is 19.6 Å². The molecule has 0 saturated heterocycles. The number of likely N-dealkylation sites (N-methyl/N-ethyl adjacent to an activating group) is 1. The molecule has 0 heterocycles. The van der Waals surface area contributed by atoms with Gasteiger partial charge in [0.2, 0.25) is 5.29 Å². The lowest BCUT2D eigenvalue weighted by Crippen LogP contribution is -2.46. The van der Waals surface area contributed by atoms with Gasteiger partial charge in [0.15, 0.2) is 0 Å². The van der Waals surface area contributed by atoms with Gasteiger partial charge in [-0.05, 0) is 59.1 Å². The second kappa shape index (κ2) is 11.2. The van der Waals surface area contributed by atoms with Crippen molar-refractivity contribution in [3.05, 3.63) is 12.8 Å². The average molecular weight is 359 g/mol. The molecule has 1 atom stereocenters. The van der Waals surface area contributed by atoms with Crippen molar-refractivity contribution in [3.63, 3.8) is 0 Å². The Labute approximate surface area is 151 Å². The number of amidine groups is 1. The monoisotopic (exact) mass is 358 g/mol. The fourth-order valence-electron chi connectivity index (χ4n) is 1.99. The summed E-state index contributed by atoms with van der Waals surface area (Å²) in [4.78, 5) is 24.1. The molecule has 138 valence electrons.